The van der Waals surface area contributed by atoms with Crippen LogP contribution in [0.1, 0.15) is 31.2 Å². The Morgan fingerprint density at radius 3 is 2.04 bits per heavy atom. The number of rotatable bonds is 12. The summed E-state index contributed by atoms with van der Waals surface area (Å²) in [6, 6.07) is 19.1. The van der Waals surface area contributed by atoms with Crippen molar-refractivity contribution in [2.45, 2.75) is 45.0 Å². The Labute approximate surface area is 179 Å². The van der Waals surface area contributed by atoms with E-state index in [1.807, 2.05) is 17.8 Å². The van der Waals surface area contributed by atoms with Crippen LogP contribution in [0.2, 0.25) is 13.1 Å². The molecule has 0 aromatic heterocycles. The van der Waals surface area contributed by atoms with Crippen LogP contribution in [0, 0.1) is 11.8 Å². The third-order valence-corrected chi connectivity index (χ3v) is 7.52. The van der Waals surface area contributed by atoms with E-state index in [-0.39, 0.29) is 11.7 Å². The molecule has 3 nitrogen and oxygen atoms in total. The average Bonchev–Trinajstić information content (AvgIpc) is 2.72. The van der Waals surface area contributed by atoms with E-state index in [0.717, 1.165) is 12.2 Å². The van der Waals surface area contributed by atoms with Gasteiger partial charge in [-0.15, -0.1) is 11.8 Å². The topological polar surface area (TPSA) is 44.5 Å². The molecule has 2 rings (SSSR count). The zero-order chi connectivity index (χ0) is 20.4. The van der Waals surface area contributed by atoms with Crippen molar-refractivity contribution in [1.29, 1.82) is 0 Å². The molecule has 0 spiro atoms. The Balaban J connectivity index is 1.83. The second-order valence-corrected chi connectivity index (χ2v) is 10.3. The van der Waals surface area contributed by atoms with E-state index in [2.05, 4.69) is 75.5 Å². The molecule has 0 aliphatic heterocycles. The summed E-state index contributed by atoms with van der Waals surface area (Å²) < 4.78 is 11.8. The molecular formula is C22H35NO2SSi2. The van der Waals surface area contributed by atoms with Crippen LogP contribution in [0.4, 0.5) is 0 Å². The van der Waals surface area contributed by atoms with Gasteiger partial charge in [-0.1, -0.05) is 81.5 Å². The highest BCUT2D eigenvalue weighted by Crippen LogP contribution is 2.30. The monoisotopic (exact) mass is 433 g/mol. The van der Waals surface area contributed by atoms with Crippen LogP contribution < -0.4 is 5.73 Å². The van der Waals surface area contributed by atoms with E-state index in [1.54, 1.807) is 0 Å². The zero-order valence-electron chi connectivity index (χ0n) is 17.6. The van der Waals surface area contributed by atoms with E-state index in [9.17, 15) is 0 Å². The highest BCUT2D eigenvalue weighted by atomic mass is 32.2. The fraction of sp³-hybridized carbons (Fsp3) is 0.455. The van der Waals surface area contributed by atoms with Crippen LogP contribution >= 0.6 is 11.8 Å². The van der Waals surface area contributed by atoms with Crippen LogP contribution in [0.15, 0.2) is 54.6 Å². The van der Waals surface area contributed by atoms with Crippen molar-refractivity contribution in [3.63, 3.8) is 0 Å². The Hall–Kier alpha value is -0.896. The van der Waals surface area contributed by atoms with Gasteiger partial charge < -0.3 is 14.6 Å². The molecule has 154 valence electrons. The predicted molar refractivity (Wildman–Crippen MR) is 129 cm³/mol. The first-order valence-electron chi connectivity index (χ1n) is 10.3. The highest BCUT2D eigenvalue weighted by Gasteiger charge is 2.20. The van der Waals surface area contributed by atoms with Crippen molar-refractivity contribution in [2.75, 3.05) is 5.75 Å². The van der Waals surface area contributed by atoms with Crippen LogP contribution in [-0.2, 0) is 8.85 Å². The molecular weight excluding hydrogens is 398 g/mol. The van der Waals surface area contributed by atoms with Crippen molar-refractivity contribution < 1.29 is 8.85 Å². The average molecular weight is 434 g/mol. The minimum atomic E-state index is -0.441. The molecule has 0 bridgehead atoms. The normalized spacial score (nSPS) is 16.6. The quantitative estimate of drug-likeness (QED) is 0.400. The summed E-state index contributed by atoms with van der Waals surface area (Å²) in [4.78, 5) is 0. The van der Waals surface area contributed by atoms with E-state index in [1.165, 1.54) is 16.7 Å². The molecule has 0 fully saturated rings. The number of benzene rings is 2. The fourth-order valence-electron chi connectivity index (χ4n) is 3.38. The Morgan fingerprint density at radius 2 is 1.46 bits per heavy atom. The molecule has 3 unspecified atom stereocenters. The molecule has 6 heteroatoms. The van der Waals surface area contributed by atoms with Crippen molar-refractivity contribution in [1.82, 2.24) is 0 Å². The number of hydrogen-bond donors (Lipinski definition) is 1. The van der Waals surface area contributed by atoms with E-state index < -0.39 is 19.5 Å². The van der Waals surface area contributed by atoms with Gasteiger partial charge in [-0.2, -0.15) is 0 Å². The summed E-state index contributed by atoms with van der Waals surface area (Å²) in [6.07, 6.45) is 1.13. The lowest BCUT2D eigenvalue weighted by Crippen LogP contribution is -2.29. The maximum Gasteiger partial charge on any atom is 0.161 e. The number of thioether (sulfide) groups is 1. The first-order chi connectivity index (χ1) is 13.5. The smallest absolute Gasteiger partial charge is 0.161 e. The second kappa shape index (κ2) is 12.6. The zero-order valence-corrected chi connectivity index (χ0v) is 21.3. The Bertz CT molecular complexity index is 666. The summed E-state index contributed by atoms with van der Waals surface area (Å²) in [6.45, 7) is 8.89. The van der Waals surface area contributed by atoms with Gasteiger partial charge in [0.2, 0.25) is 0 Å². The molecule has 2 N–H and O–H groups in total. The van der Waals surface area contributed by atoms with Crippen molar-refractivity contribution in [3.8, 4) is 11.1 Å². The Kier molecular flexibility index (Phi) is 10.5. The standard InChI is InChI=1S/C22H35NO2SSi2/c1-16(14-17(2)22(24-27-3)25-28-4)15-26-21(23)20-12-10-19(11-13-20)18-8-6-5-7-9-18/h5-13,16-17,21-22H,14-15,23,27-28H2,1-4H3. The molecule has 2 aromatic carbocycles. The molecule has 0 saturated carbocycles. The Morgan fingerprint density at radius 1 is 0.893 bits per heavy atom. The van der Waals surface area contributed by atoms with E-state index in [0.29, 0.717) is 11.8 Å². The van der Waals surface area contributed by atoms with Crippen molar-refractivity contribution in [2.24, 2.45) is 17.6 Å². The lowest BCUT2D eigenvalue weighted by molar-refractivity contribution is -0.0370. The molecule has 0 saturated heterocycles. The summed E-state index contributed by atoms with van der Waals surface area (Å²) in [5, 5.41) is 0.0111. The largest absolute Gasteiger partial charge is 0.400 e. The highest BCUT2D eigenvalue weighted by molar-refractivity contribution is 7.99. The third-order valence-electron chi connectivity index (χ3n) is 4.81. The maximum absolute atomic E-state index is 6.44. The van der Waals surface area contributed by atoms with Gasteiger partial charge in [0.15, 0.2) is 19.5 Å². The molecule has 0 aliphatic rings. The van der Waals surface area contributed by atoms with Gasteiger partial charge in [-0.05, 0) is 34.8 Å². The van der Waals surface area contributed by atoms with E-state index in [4.69, 9.17) is 14.6 Å². The molecule has 2 aromatic rings. The van der Waals surface area contributed by atoms with Crippen LogP contribution in [-0.4, -0.2) is 31.6 Å². The summed E-state index contributed by atoms with van der Waals surface area (Å²) in [5.74, 6) is 2.07. The van der Waals surface area contributed by atoms with Gasteiger partial charge in [-0.25, -0.2) is 0 Å². The van der Waals surface area contributed by atoms with E-state index >= 15 is 0 Å². The lowest BCUT2D eigenvalue weighted by atomic mass is 9.98. The van der Waals surface area contributed by atoms with Crippen molar-refractivity contribution >= 4 is 31.3 Å². The minimum absolute atomic E-state index is 0.0111. The van der Waals surface area contributed by atoms with Gasteiger partial charge in [0.25, 0.3) is 0 Å². The predicted octanol–water partition coefficient (Wildman–Crippen LogP) is 4.33. The minimum Gasteiger partial charge on any atom is -0.400 e. The van der Waals surface area contributed by atoms with Crippen molar-refractivity contribution in [3.05, 3.63) is 60.2 Å². The second-order valence-electron chi connectivity index (χ2n) is 7.34. The first-order valence-corrected chi connectivity index (χ1v) is 15.3. The van der Waals surface area contributed by atoms with Crippen LogP contribution in [0.5, 0.6) is 0 Å². The van der Waals surface area contributed by atoms with Gasteiger partial charge in [0.05, 0.1) is 5.37 Å². The van der Waals surface area contributed by atoms with Gasteiger partial charge in [-0.3, -0.25) is 0 Å². The molecule has 3 atom stereocenters. The van der Waals surface area contributed by atoms with Gasteiger partial charge >= 0.3 is 0 Å². The van der Waals surface area contributed by atoms with Crippen LogP contribution in [0.3, 0.4) is 0 Å². The SMILES string of the molecule is C[SiH2]OC(O[SiH2]C)C(C)CC(C)CSC(N)c1ccc(-c2ccccc2)cc1. The molecule has 0 amide bonds. The number of nitrogens with two attached hydrogens (primary N) is 1. The molecule has 0 aliphatic carbocycles. The first kappa shape index (κ1) is 23.4. The molecule has 0 heterocycles. The number of hydrogen-bond acceptors (Lipinski definition) is 4. The summed E-state index contributed by atoms with van der Waals surface area (Å²) in [5.41, 5.74) is 10.1. The fourth-order valence-corrected chi connectivity index (χ4v) is 6.10. The molecule has 28 heavy (non-hydrogen) atoms. The third kappa shape index (κ3) is 7.50. The molecule has 0 radical (unpaired) electrons. The maximum atomic E-state index is 6.44. The van der Waals surface area contributed by atoms with Crippen LogP contribution in [0.25, 0.3) is 11.1 Å². The van der Waals surface area contributed by atoms with Gasteiger partial charge in [0, 0.05) is 5.92 Å². The summed E-state index contributed by atoms with van der Waals surface area (Å²) >= 11 is 1.83. The lowest BCUT2D eigenvalue weighted by Gasteiger charge is -2.27. The van der Waals surface area contributed by atoms with Gasteiger partial charge in [0.1, 0.15) is 6.29 Å². The summed E-state index contributed by atoms with van der Waals surface area (Å²) in [7, 11) is -0.882.